The highest BCUT2D eigenvalue weighted by Crippen LogP contribution is 2.32. The van der Waals surface area contributed by atoms with E-state index >= 15 is 0 Å². The Labute approximate surface area is 97.0 Å². The smallest absolute Gasteiger partial charge is 0.142 e. The maximum absolute atomic E-state index is 5.69. The van der Waals surface area contributed by atoms with Crippen molar-refractivity contribution in [3.8, 4) is 5.75 Å². The molecule has 88 valence electrons. The van der Waals surface area contributed by atoms with E-state index in [4.69, 9.17) is 9.47 Å². The Balaban J connectivity index is 2.10. The Morgan fingerprint density at radius 2 is 2.25 bits per heavy atom. The van der Waals surface area contributed by atoms with Gasteiger partial charge in [-0.2, -0.15) is 0 Å². The number of nitrogens with zero attached hydrogens (tertiary/aromatic N) is 1. The van der Waals surface area contributed by atoms with Gasteiger partial charge in [-0.05, 0) is 26.0 Å². The summed E-state index contributed by atoms with van der Waals surface area (Å²) in [5, 5.41) is 0. The minimum absolute atomic E-state index is 0.412. The first-order valence-electron chi connectivity index (χ1n) is 5.89. The molecule has 0 spiro atoms. The van der Waals surface area contributed by atoms with Gasteiger partial charge in [0.2, 0.25) is 0 Å². The third kappa shape index (κ3) is 2.30. The Hall–Kier alpha value is -1.22. The lowest BCUT2D eigenvalue weighted by molar-refractivity contribution is 0.149. The van der Waals surface area contributed by atoms with E-state index < -0.39 is 0 Å². The van der Waals surface area contributed by atoms with E-state index in [0.717, 1.165) is 32.1 Å². The molecule has 1 heterocycles. The Morgan fingerprint density at radius 1 is 1.44 bits per heavy atom. The van der Waals surface area contributed by atoms with Gasteiger partial charge in [0.05, 0.1) is 18.3 Å². The van der Waals surface area contributed by atoms with E-state index in [1.807, 2.05) is 25.1 Å². The molecular formula is C13H19NO2. The van der Waals surface area contributed by atoms with Gasteiger partial charge in [0.15, 0.2) is 0 Å². The van der Waals surface area contributed by atoms with Gasteiger partial charge in [-0.15, -0.1) is 0 Å². The van der Waals surface area contributed by atoms with Crippen molar-refractivity contribution in [1.82, 2.24) is 0 Å². The SMILES string of the molecule is CCOCCN1c2ccccc2OCC1C. The Morgan fingerprint density at radius 3 is 3.06 bits per heavy atom. The molecule has 1 atom stereocenters. The molecule has 1 aromatic rings. The molecule has 0 amide bonds. The fourth-order valence-corrected chi connectivity index (χ4v) is 2.00. The predicted octanol–water partition coefficient (Wildman–Crippen LogP) is 2.31. The minimum Gasteiger partial charge on any atom is -0.489 e. The lowest BCUT2D eigenvalue weighted by Gasteiger charge is -2.36. The zero-order valence-corrected chi connectivity index (χ0v) is 9.98. The zero-order chi connectivity index (χ0) is 11.4. The van der Waals surface area contributed by atoms with Crippen LogP contribution in [0.2, 0.25) is 0 Å². The number of anilines is 1. The van der Waals surface area contributed by atoms with Gasteiger partial charge in [-0.3, -0.25) is 0 Å². The lowest BCUT2D eigenvalue weighted by Crippen LogP contribution is -2.42. The molecule has 0 saturated carbocycles. The van der Waals surface area contributed by atoms with Gasteiger partial charge in [-0.1, -0.05) is 12.1 Å². The molecule has 0 aliphatic carbocycles. The van der Waals surface area contributed by atoms with Crippen LogP contribution in [0.25, 0.3) is 0 Å². The highest BCUT2D eigenvalue weighted by Gasteiger charge is 2.23. The van der Waals surface area contributed by atoms with Crippen molar-refractivity contribution < 1.29 is 9.47 Å². The van der Waals surface area contributed by atoms with Gasteiger partial charge in [0.1, 0.15) is 12.4 Å². The molecule has 0 bridgehead atoms. The third-order valence-corrected chi connectivity index (χ3v) is 2.87. The van der Waals surface area contributed by atoms with Gasteiger partial charge in [-0.25, -0.2) is 0 Å². The summed E-state index contributed by atoms with van der Waals surface area (Å²) in [4.78, 5) is 2.36. The molecule has 0 radical (unpaired) electrons. The summed E-state index contributed by atoms with van der Waals surface area (Å²) in [6.07, 6.45) is 0. The van der Waals surface area contributed by atoms with E-state index in [1.165, 1.54) is 5.69 Å². The van der Waals surface area contributed by atoms with Crippen molar-refractivity contribution in [2.24, 2.45) is 0 Å². The van der Waals surface area contributed by atoms with Crippen LogP contribution in [0.4, 0.5) is 5.69 Å². The second-order valence-corrected chi connectivity index (χ2v) is 4.02. The van der Waals surface area contributed by atoms with Crippen LogP contribution in [0.15, 0.2) is 24.3 Å². The van der Waals surface area contributed by atoms with Crippen molar-refractivity contribution in [3.63, 3.8) is 0 Å². The molecule has 3 nitrogen and oxygen atoms in total. The van der Waals surface area contributed by atoms with Gasteiger partial charge in [0.25, 0.3) is 0 Å². The van der Waals surface area contributed by atoms with Crippen LogP contribution in [0.5, 0.6) is 5.75 Å². The van der Waals surface area contributed by atoms with Crippen LogP contribution in [-0.2, 0) is 4.74 Å². The monoisotopic (exact) mass is 221 g/mol. The molecule has 0 N–H and O–H groups in total. The van der Waals surface area contributed by atoms with Crippen molar-refractivity contribution in [1.29, 1.82) is 0 Å². The summed E-state index contributed by atoms with van der Waals surface area (Å²) in [5.74, 6) is 0.983. The molecule has 1 aliphatic heterocycles. The number of fused-ring (bicyclic) bond motifs is 1. The predicted molar refractivity (Wildman–Crippen MR) is 65.2 cm³/mol. The van der Waals surface area contributed by atoms with Gasteiger partial charge < -0.3 is 14.4 Å². The first kappa shape index (κ1) is 11.3. The molecule has 1 unspecified atom stereocenters. The summed E-state index contributed by atoms with van der Waals surface area (Å²) in [6.45, 7) is 7.44. The minimum atomic E-state index is 0.412. The fourth-order valence-electron chi connectivity index (χ4n) is 2.00. The quantitative estimate of drug-likeness (QED) is 0.728. The number of rotatable bonds is 4. The largest absolute Gasteiger partial charge is 0.489 e. The van der Waals surface area contributed by atoms with Crippen molar-refractivity contribution in [2.75, 3.05) is 31.3 Å². The van der Waals surface area contributed by atoms with Crippen LogP contribution in [0.3, 0.4) is 0 Å². The summed E-state index contributed by atoms with van der Waals surface area (Å²) in [5.41, 5.74) is 1.18. The summed E-state index contributed by atoms with van der Waals surface area (Å²) < 4.78 is 11.1. The summed E-state index contributed by atoms with van der Waals surface area (Å²) >= 11 is 0. The van der Waals surface area contributed by atoms with Crippen LogP contribution < -0.4 is 9.64 Å². The Kier molecular flexibility index (Phi) is 3.67. The maximum atomic E-state index is 5.69. The fraction of sp³-hybridized carbons (Fsp3) is 0.538. The topological polar surface area (TPSA) is 21.7 Å². The van der Waals surface area contributed by atoms with E-state index in [9.17, 15) is 0 Å². The van der Waals surface area contributed by atoms with Crippen LogP contribution in [-0.4, -0.2) is 32.4 Å². The van der Waals surface area contributed by atoms with E-state index in [0.29, 0.717) is 6.04 Å². The molecule has 0 saturated heterocycles. The number of hydrogen-bond acceptors (Lipinski definition) is 3. The average molecular weight is 221 g/mol. The molecule has 16 heavy (non-hydrogen) atoms. The number of benzene rings is 1. The number of hydrogen-bond donors (Lipinski definition) is 0. The standard InChI is InChI=1S/C13H19NO2/c1-3-15-9-8-14-11(2)10-16-13-7-5-4-6-12(13)14/h4-7,11H,3,8-10H2,1-2H3. The number of para-hydroxylation sites is 2. The number of ether oxygens (including phenoxy) is 2. The zero-order valence-electron chi connectivity index (χ0n) is 9.98. The average Bonchev–Trinajstić information content (AvgIpc) is 2.32. The van der Waals surface area contributed by atoms with Crippen molar-refractivity contribution in [3.05, 3.63) is 24.3 Å². The molecule has 0 fully saturated rings. The lowest BCUT2D eigenvalue weighted by atomic mass is 10.2. The summed E-state index contributed by atoms with van der Waals surface area (Å²) in [7, 11) is 0. The molecule has 3 heteroatoms. The first-order chi connectivity index (χ1) is 7.83. The van der Waals surface area contributed by atoms with Gasteiger partial charge in [0, 0.05) is 13.2 Å². The second-order valence-electron chi connectivity index (χ2n) is 4.02. The van der Waals surface area contributed by atoms with Crippen molar-refractivity contribution in [2.45, 2.75) is 19.9 Å². The highest BCUT2D eigenvalue weighted by molar-refractivity contribution is 5.60. The summed E-state index contributed by atoms with van der Waals surface area (Å²) in [6, 6.07) is 8.60. The second kappa shape index (κ2) is 5.21. The van der Waals surface area contributed by atoms with Crippen LogP contribution in [0.1, 0.15) is 13.8 Å². The third-order valence-electron chi connectivity index (χ3n) is 2.87. The van der Waals surface area contributed by atoms with E-state index in [1.54, 1.807) is 0 Å². The van der Waals surface area contributed by atoms with E-state index in [-0.39, 0.29) is 0 Å². The van der Waals surface area contributed by atoms with Crippen LogP contribution in [0, 0.1) is 0 Å². The molecule has 2 rings (SSSR count). The van der Waals surface area contributed by atoms with Gasteiger partial charge >= 0.3 is 0 Å². The molecular weight excluding hydrogens is 202 g/mol. The molecule has 0 aromatic heterocycles. The van der Waals surface area contributed by atoms with E-state index in [2.05, 4.69) is 17.9 Å². The first-order valence-corrected chi connectivity index (χ1v) is 5.89. The maximum Gasteiger partial charge on any atom is 0.142 e. The molecule has 1 aliphatic rings. The highest BCUT2D eigenvalue weighted by atomic mass is 16.5. The normalized spacial score (nSPS) is 19.1. The molecule has 1 aromatic carbocycles. The van der Waals surface area contributed by atoms with Crippen molar-refractivity contribution >= 4 is 5.69 Å². The van der Waals surface area contributed by atoms with Crippen LogP contribution >= 0.6 is 0 Å². The Bertz CT molecular complexity index is 340.